The van der Waals surface area contributed by atoms with E-state index in [0.29, 0.717) is 17.0 Å². The lowest BCUT2D eigenvalue weighted by molar-refractivity contribution is -0.738. The first-order valence-electron chi connectivity index (χ1n) is 8.47. The summed E-state index contributed by atoms with van der Waals surface area (Å²) >= 11 is 0. The van der Waals surface area contributed by atoms with Crippen molar-refractivity contribution in [3.8, 4) is 28.8 Å². The number of rotatable bonds is 4. The number of amidine groups is 1. The molecule has 4 N–H and O–H groups in total. The van der Waals surface area contributed by atoms with E-state index >= 15 is 0 Å². The van der Waals surface area contributed by atoms with Gasteiger partial charge in [-0.1, -0.05) is 24.3 Å². The number of benzene rings is 1. The van der Waals surface area contributed by atoms with Gasteiger partial charge in [-0.05, 0) is 0 Å². The average Bonchev–Trinajstić information content (AvgIpc) is 3.14. The number of nitrogens with one attached hydrogen (secondary N) is 1. The van der Waals surface area contributed by atoms with Crippen molar-refractivity contribution < 1.29 is 23.9 Å². The number of amides is 2. The summed E-state index contributed by atoms with van der Waals surface area (Å²) in [7, 11) is 3.98. The highest BCUT2D eigenvalue weighted by molar-refractivity contribution is 5.95. The van der Waals surface area contributed by atoms with Crippen LogP contribution in [0.25, 0.3) is 22.9 Å². The van der Waals surface area contributed by atoms with Gasteiger partial charge >= 0.3 is 12.0 Å². The van der Waals surface area contributed by atoms with Gasteiger partial charge in [0.05, 0.1) is 21.2 Å². The molecule has 150 valence electrons. The number of ether oxygens (including phenoxy) is 1. The summed E-state index contributed by atoms with van der Waals surface area (Å²) in [6.07, 6.45) is 0.526. The van der Waals surface area contributed by atoms with Gasteiger partial charge in [0, 0.05) is 11.1 Å². The van der Waals surface area contributed by atoms with Crippen molar-refractivity contribution in [2.75, 3.05) is 21.2 Å². The van der Waals surface area contributed by atoms with Crippen LogP contribution in [0.2, 0.25) is 0 Å². The Labute approximate surface area is 165 Å². The molecular formula is C18H20N7O4+. The summed E-state index contributed by atoms with van der Waals surface area (Å²) in [6, 6.07) is 6.74. The number of nitrogens with two attached hydrogens (primary N) is 1. The molecule has 0 fully saturated rings. The second-order valence-electron chi connectivity index (χ2n) is 6.72. The highest BCUT2D eigenvalue weighted by Crippen LogP contribution is 2.30. The summed E-state index contributed by atoms with van der Waals surface area (Å²) in [6.45, 7) is -0.313. The zero-order valence-corrected chi connectivity index (χ0v) is 16.1. The van der Waals surface area contributed by atoms with E-state index in [-0.39, 0.29) is 29.8 Å². The molecule has 2 aliphatic heterocycles. The minimum atomic E-state index is -0.728. The van der Waals surface area contributed by atoms with Crippen LogP contribution in [0, 0.1) is 5.41 Å². The molecule has 2 aliphatic rings. The summed E-state index contributed by atoms with van der Waals surface area (Å²) < 4.78 is 5.17. The fourth-order valence-corrected chi connectivity index (χ4v) is 2.59. The van der Waals surface area contributed by atoms with Crippen LogP contribution >= 0.6 is 0 Å². The number of imidazole rings is 1. The summed E-state index contributed by atoms with van der Waals surface area (Å²) in [4.78, 5) is 37.0. The number of fused-ring (bicyclic) bond motifs is 1. The Kier molecular flexibility index (Phi) is 4.99. The summed E-state index contributed by atoms with van der Waals surface area (Å²) in [5.74, 6) is -0.333. The van der Waals surface area contributed by atoms with Crippen LogP contribution in [0.5, 0.6) is 5.88 Å². The van der Waals surface area contributed by atoms with E-state index in [2.05, 4.69) is 19.7 Å². The molecule has 2 amide bonds. The number of carbonyl (C=O) groups excluding carboxylic acids is 2. The molecule has 2 heterocycles. The number of hydrogen-bond acceptors (Lipinski definition) is 8. The molecule has 11 nitrogen and oxygen atoms in total. The molecule has 0 aromatic heterocycles. The van der Waals surface area contributed by atoms with Crippen molar-refractivity contribution in [2.24, 2.45) is 5.73 Å². The minimum Gasteiger partial charge on any atom is -0.493 e. The molecule has 0 saturated carbocycles. The predicted molar refractivity (Wildman–Crippen MR) is 102 cm³/mol. The normalized spacial score (nSPS) is 11.4. The Balaban J connectivity index is 1.93. The van der Waals surface area contributed by atoms with Gasteiger partial charge in [-0.25, -0.2) is 19.7 Å². The third kappa shape index (κ3) is 3.62. The fourth-order valence-electron chi connectivity index (χ4n) is 2.59. The second kappa shape index (κ2) is 7.28. The number of quaternary nitrogens is 1. The number of carbonyl (C=O) groups is 2. The number of aromatic hydroxyl groups is 1. The lowest BCUT2D eigenvalue weighted by Crippen LogP contribution is -2.51. The Morgan fingerprint density at radius 3 is 2.45 bits per heavy atom. The van der Waals surface area contributed by atoms with E-state index in [1.165, 1.54) is 32.1 Å². The molecule has 3 rings (SSSR count). The van der Waals surface area contributed by atoms with Crippen LogP contribution in [0.4, 0.5) is 4.79 Å². The SMILES string of the molecule is COC(=O)[N+](C)(C)C(=O)Cn1cnc2nc(-c3ccc(C(=N)N)cc3)nc-2c1O. The summed E-state index contributed by atoms with van der Waals surface area (Å²) in [5, 5.41) is 18.0. The third-order valence-corrected chi connectivity index (χ3v) is 4.46. The largest absolute Gasteiger partial charge is 0.522 e. The number of nitrogens with zero attached hydrogens (tertiary/aromatic N) is 5. The molecule has 0 atom stereocenters. The number of imide groups is 1. The van der Waals surface area contributed by atoms with Crippen molar-refractivity contribution in [1.29, 1.82) is 5.41 Å². The Hall–Kier alpha value is -3.86. The number of nitrogen functional groups attached to an aromatic ring is 1. The first-order chi connectivity index (χ1) is 13.6. The second-order valence-corrected chi connectivity index (χ2v) is 6.72. The average molecular weight is 398 g/mol. The third-order valence-electron chi connectivity index (χ3n) is 4.46. The van der Waals surface area contributed by atoms with Gasteiger partial charge in [0.1, 0.15) is 18.7 Å². The number of aromatic nitrogens is 4. The van der Waals surface area contributed by atoms with Gasteiger partial charge < -0.3 is 15.6 Å². The fraction of sp³-hybridized carbons (Fsp3) is 0.222. The monoisotopic (exact) mass is 398 g/mol. The van der Waals surface area contributed by atoms with Crippen LogP contribution in [-0.4, -0.2) is 68.1 Å². The van der Waals surface area contributed by atoms with Gasteiger partial charge in [0.15, 0.2) is 17.3 Å². The Morgan fingerprint density at radius 1 is 1.21 bits per heavy atom. The maximum Gasteiger partial charge on any atom is 0.522 e. The van der Waals surface area contributed by atoms with Crippen LogP contribution < -0.4 is 5.73 Å². The van der Waals surface area contributed by atoms with E-state index in [4.69, 9.17) is 11.1 Å². The molecular weight excluding hydrogens is 378 g/mol. The molecule has 1 aromatic carbocycles. The molecule has 29 heavy (non-hydrogen) atoms. The lowest BCUT2D eigenvalue weighted by Gasteiger charge is -2.22. The Morgan fingerprint density at radius 2 is 1.86 bits per heavy atom. The van der Waals surface area contributed by atoms with E-state index in [9.17, 15) is 14.7 Å². The first kappa shape index (κ1) is 19.9. The smallest absolute Gasteiger partial charge is 0.493 e. The molecule has 0 aliphatic carbocycles. The summed E-state index contributed by atoms with van der Waals surface area (Å²) in [5.41, 5.74) is 6.78. The molecule has 0 radical (unpaired) electrons. The van der Waals surface area contributed by atoms with Crippen LogP contribution in [0.1, 0.15) is 5.56 Å². The van der Waals surface area contributed by atoms with Crippen LogP contribution in [-0.2, 0) is 16.1 Å². The van der Waals surface area contributed by atoms with Gasteiger partial charge in [-0.15, -0.1) is 0 Å². The minimum absolute atomic E-state index is 0.0524. The standard InChI is InChI=1S/C18H19N7O4/c1-25(2,18(28)29-3)12(26)8-24-9-21-16-13(17(24)27)22-15(23-16)11-6-4-10(5-7-11)14(19)20/h4-7,9H,8H2,1-3H3,(H3-,19,20,22,23,27)/p+1. The van der Waals surface area contributed by atoms with Crippen molar-refractivity contribution >= 4 is 17.8 Å². The van der Waals surface area contributed by atoms with Gasteiger partial charge in [0.2, 0.25) is 5.88 Å². The molecule has 0 unspecified atom stereocenters. The van der Waals surface area contributed by atoms with Crippen LogP contribution in [0.3, 0.4) is 0 Å². The van der Waals surface area contributed by atoms with Gasteiger partial charge in [-0.2, -0.15) is 9.28 Å². The maximum atomic E-state index is 12.5. The van der Waals surface area contributed by atoms with Gasteiger partial charge in [-0.3, -0.25) is 9.98 Å². The molecule has 0 saturated heterocycles. The molecule has 0 bridgehead atoms. The molecule has 11 heteroatoms. The van der Waals surface area contributed by atoms with E-state index in [0.717, 1.165) is 0 Å². The topological polar surface area (TPSA) is 157 Å². The Bertz CT molecular complexity index is 1070. The van der Waals surface area contributed by atoms with Crippen molar-refractivity contribution in [3.63, 3.8) is 0 Å². The maximum absolute atomic E-state index is 12.5. The zero-order valence-electron chi connectivity index (χ0n) is 16.1. The number of hydrogen-bond donors (Lipinski definition) is 3. The highest BCUT2D eigenvalue weighted by Gasteiger charge is 2.37. The predicted octanol–water partition coefficient (Wildman–Crippen LogP) is 0.804. The van der Waals surface area contributed by atoms with Crippen LogP contribution in [0.15, 0.2) is 30.6 Å². The lowest BCUT2D eigenvalue weighted by atomic mass is 10.1. The first-order valence-corrected chi connectivity index (χ1v) is 8.47. The zero-order chi connectivity index (χ0) is 21.3. The number of likely N-dealkylation sites (N-methyl/N-ethyl adjacent to an activating group) is 1. The quantitative estimate of drug-likeness (QED) is 0.331. The molecule has 0 spiro atoms. The van der Waals surface area contributed by atoms with E-state index in [1.54, 1.807) is 24.3 Å². The highest BCUT2D eigenvalue weighted by atomic mass is 16.5. The van der Waals surface area contributed by atoms with E-state index in [1.807, 2.05) is 0 Å². The van der Waals surface area contributed by atoms with Crippen molar-refractivity contribution in [3.05, 3.63) is 36.2 Å². The van der Waals surface area contributed by atoms with E-state index < -0.39 is 16.5 Å². The van der Waals surface area contributed by atoms with Gasteiger partial charge in [0.25, 0.3) is 0 Å². The molecule has 1 aromatic rings. The van der Waals surface area contributed by atoms with Crippen molar-refractivity contribution in [1.82, 2.24) is 19.5 Å². The number of methoxy groups -OCH3 is 1. The van der Waals surface area contributed by atoms with Crippen molar-refractivity contribution in [2.45, 2.75) is 6.54 Å².